The Morgan fingerprint density at radius 2 is 1.88 bits per heavy atom. The van der Waals surface area contributed by atoms with Crippen LogP contribution in [0.4, 0.5) is 0 Å². The third-order valence-electron chi connectivity index (χ3n) is 6.81. The second-order valence-corrected chi connectivity index (χ2v) is 12.3. The van der Waals surface area contributed by atoms with Crippen molar-refractivity contribution < 1.29 is 13.2 Å². The second kappa shape index (κ2) is 8.08. The van der Waals surface area contributed by atoms with Crippen LogP contribution in [0.15, 0.2) is 41.6 Å². The Bertz CT molecular complexity index is 1080. The summed E-state index contributed by atoms with van der Waals surface area (Å²) in [7, 11) is -3.52. The van der Waals surface area contributed by atoms with Gasteiger partial charge in [0.15, 0.2) is 0 Å². The molecule has 32 heavy (non-hydrogen) atoms. The van der Waals surface area contributed by atoms with E-state index in [1.807, 2.05) is 24.4 Å². The highest BCUT2D eigenvalue weighted by Crippen LogP contribution is 2.38. The highest BCUT2D eigenvalue weighted by Gasteiger charge is 2.41. The molecule has 7 nitrogen and oxygen atoms in total. The first-order chi connectivity index (χ1) is 15.2. The number of sulfonamides is 1. The molecule has 3 heterocycles. The fraction of sp³-hybridized carbons (Fsp3) is 0.583. The van der Waals surface area contributed by atoms with Crippen molar-refractivity contribution >= 4 is 10.0 Å². The summed E-state index contributed by atoms with van der Waals surface area (Å²) in [6.45, 7) is 8.80. The number of fused-ring (bicyclic) bond motifs is 1. The van der Waals surface area contributed by atoms with Crippen molar-refractivity contribution in [3.63, 3.8) is 0 Å². The van der Waals surface area contributed by atoms with Gasteiger partial charge in [-0.3, -0.25) is 9.88 Å². The average Bonchev–Trinajstić information content (AvgIpc) is 3.53. The van der Waals surface area contributed by atoms with Crippen molar-refractivity contribution in [3.8, 4) is 5.88 Å². The van der Waals surface area contributed by atoms with Crippen molar-refractivity contribution in [3.05, 3.63) is 47.9 Å². The average molecular weight is 457 g/mol. The molecular weight excluding hydrogens is 424 g/mol. The van der Waals surface area contributed by atoms with Gasteiger partial charge < -0.3 is 4.74 Å². The highest BCUT2D eigenvalue weighted by atomic mass is 32.2. The number of benzene rings is 1. The number of hydrogen-bond acceptors (Lipinski definition) is 6. The van der Waals surface area contributed by atoms with Gasteiger partial charge in [0.1, 0.15) is 6.10 Å². The monoisotopic (exact) mass is 456 g/mol. The molecule has 5 rings (SSSR count). The van der Waals surface area contributed by atoms with Gasteiger partial charge in [0.05, 0.1) is 23.0 Å². The molecule has 0 N–H and O–H groups in total. The molecule has 1 aromatic carbocycles. The number of piperazine rings is 1. The Morgan fingerprint density at radius 3 is 2.56 bits per heavy atom. The number of aromatic nitrogens is 2. The SMILES string of the molecule is CC(C)(C)c1cccc(S(=O)(=O)N2CCN3C[C@@H](Oc4cnc(C5CC5)cn4)C[C@H]3C2)c1. The summed E-state index contributed by atoms with van der Waals surface area (Å²) in [6.07, 6.45) is 6.76. The van der Waals surface area contributed by atoms with Gasteiger partial charge in [0.25, 0.3) is 0 Å². The summed E-state index contributed by atoms with van der Waals surface area (Å²) in [4.78, 5) is 11.6. The first-order valence-electron chi connectivity index (χ1n) is 11.5. The van der Waals surface area contributed by atoms with Crippen LogP contribution in [0.1, 0.15) is 57.2 Å². The molecule has 0 unspecified atom stereocenters. The molecule has 3 aliphatic rings. The predicted octanol–water partition coefficient (Wildman–Crippen LogP) is 3.18. The zero-order valence-corrected chi connectivity index (χ0v) is 19.9. The van der Waals surface area contributed by atoms with Crippen LogP contribution < -0.4 is 4.74 Å². The van der Waals surface area contributed by atoms with Crippen LogP contribution >= 0.6 is 0 Å². The third-order valence-corrected chi connectivity index (χ3v) is 8.67. The minimum atomic E-state index is -3.52. The fourth-order valence-corrected chi connectivity index (χ4v) is 6.21. The van der Waals surface area contributed by atoms with Gasteiger partial charge in [-0.05, 0) is 36.0 Å². The number of ether oxygens (including phenoxy) is 1. The lowest BCUT2D eigenvalue weighted by Gasteiger charge is -2.36. The van der Waals surface area contributed by atoms with Crippen molar-refractivity contribution in [1.29, 1.82) is 0 Å². The maximum absolute atomic E-state index is 13.4. The van der Waals surface area contributed by atoms with Crippen molar-refractivity contribution in [2.45, 2.75) is 68.4 Å². The molecule has 172 valence electrons. The van der Waals surface area contributed by atoms with Gasteiger partial charge in [0, 0.05) is 44.6 Å². The lowest BCUT2D eigenvalue weighted by atomic mass is 9.87. The van der Waals surface area contributed by atoms with Gasteiger partial charge in [-0.25, -0.2) is 13.4 Å². The Labute approximate surface area is 190 Å². The van der Waals surface area contributed by atoms with Crippen LogP contribution in [0.3, 0.4) is 0 Å². The van der Waals surface area contributed by atoms with Crippen LogP contribution in [0.5, 0.6) is 5.88 Å². The lowest BCUT2D eigenvalue weighted by molar-refractivity contribution is 0.151. The van der Waals surface area contributed by atoms with E-state index in [1.165, 1.54) is 12.8 Å². The van der Waals surface area contributed by atoms with Crippen LogP contribution in [-0.2, 0) is 15.4 Å². The first kappa shape index (κ1) is 21.8. The summed E-state index contributed by atoms with van der Waals surface area (Å²) in [5.74, 6) is 1.14. The molecule has 0 radical (unpaired) electrons. The Balaban J connectivity index is 1.24. The largest absolute Gasteiger partial charge is 0.472 e. The van der Waals surface area contributed by atoms with E-state index in [1.54, 1.807) is 16.6 Å². The molecule has 0 spiro atoms. The summed E-state index contributed by atoms with van der Waals surface area (Å²) < 4.78 is 34.5. The quantitative estimate of drug-likeness (QED) is 0.688. The van der Waals surface area contributed by atoms with E-state index >= 15 is 0 Å². The topological polar surface area (TPSA) is 75.6 Å². The van der Waals surface area contributed by atoms with Gasteiger partial charge in [-0.1, -0.05) is 32.9 Å². The van der Waals surface area contributed by atoms with E-state index in [0.29, 0.717) is 29.8 Å². The molecule has 2 saturated heterocycles. The number of rotatable bonds is 5. The van der Waals surface area contributed by atoms with E-state index in [2.05, 4.69) is 35.6 Å². The Hall–Kier alpha value is -2.03. The molecule has 1 saturated carbocycles. The minimum absolute atomic E-state index is 0.00736. The van der Waals surface area contributed by atoms with E-state index in [9.17, 15) is 8.42 Å². The van der Waals surface area contributed by atoms with Crippen LogP contribution in [0.2, 0.25) is 0 Å². The Morgan fingerprint density at radius 1 is 1.06 bits per heavy atom. The maximum Gasteiger partial charge on any atom is 0.243 e. The highest BCUT2D eigenvalue weighted by molar-refractivity contribution is 7.89. The molecule has 8 heteroatoms. The zero-order chi connectivity index (χ0) is 22.5. The Kier molecular flexibility index (Phi) is 5.50. The predicted molar refractivity (Wildman–Crippen MR) is 122 cm³/mol. The standard InChI is InChI=1S/C24H32N4O3S/c1-24(2,3)18-5-4-6-21(11-18)32(29,30)28-10-9-27-16-20(12-19(27)15-28)31-23-14-25-22(13-26-23)17-7-8-17/h4-6,11,13-14,17,19-20H,7-10,12,15-16H2,1-3H3/t19-,20-/m0/s1. The normalized spacial score (nSPS) is 25.0. The minimum Gasteiger partial charge on any atom is -0.472 e. The van der Waals surface area contributed by atoms with Gasteiger partial charge in [-0.2, -0.15) is 4.31 Å². The van der Waals surface area contributed by atoms with Crippen LogP contribution in [0, 0.1) is 0 Å². The number of nitrogens with zero attached hydrogens (tertiary/aromatic N) is 4. The van der Waals surface area contributed by atoms with Crippen LogP contribution in [0.25, 0.3) is 0 Å². The second-order valence-electron chi connectivity index (χ2n) is 10.3. The van der Waals surface area contributed by atoms with E-state index in [-0.39, 0.29) is 17.6 Å². The molecule has 2 aromatic rings. The summed E-state index contributed by atoms with van der Waals surface area (Å²) in [5, 5.41) is 0. The molecule has 0 bridgehead atoms. The number of hydrogen-bond donors (Lipinski definition) is 0. The first-order valence-corrected chi connectivity index (χ1v) is 13.0. The zero-order valence-electron chi connectivity index (χ0n) is 19.1. The van der Waals surface area contributed by atoms with Gasteiger partial charge in [0.2, 0.25) is 15.9 Å². The molecule has 1 aliphatic carbocycles. The molecule has 0 amide bonds. The maximum atomic E-state index is 13.4. The fourth-order valence-electron chi connectivity index (χ4n) is 4.69. The smallest absolute Gasteiger partial charge is 0.243 e. The van der Waals surface area contributed by atoms with Crippen molar-refractivity contribution in [1.82, 2.24) is 19.2 Å². The van der Waals surface area contributed by atoms with E-state index in [0.717, 1.165) is 30.8 Å². The van der Waals surface area contributed by atoms with Gasteiger partial charge >= 0.3 is 0 Å². The summed E-state index contributed by atoms with van der Waals surface area (Å²) in [5.41, 5.74) is 1.98. The van der Waals surface area contributed by atoms with Gasteiger partial charge in [-0.15, -0.1) is 0 Å². The summed E-state index contributed by atoms with van der Waals surface area (Å²) >= 11 is 0. The molecule has 2 atom stereocenters. The van der Waals surface area contributed by atoms with Crippen LogP contribution in [-0.4, -0.2) is 65.9 Å². The van der Waals surface area contributed by atoms with E-state index in [4.69, 9.17) is 4.74 Å². The van der Waals surface area contributed by atoms with E-state index < -0.39 is 10.0 Å². The molecule has 1 aromatic heterocycles. The molecule has 3 fully saturated rings. The van der Waals surface area contributed by atoms with Crippen molar-refractivity contribution in [2.75, 3.05) is 26.2 Å². The lowest BCUT2D eigenvalue weighted by Crippen LogP contribution is -2.51. The third kappa shape index (κ3) is 4.40. The summed E-state index contributed by atoms with van der Waals surface area (Å²) in [6, 6.07) is 7.54. The molecule has 2 aliphatic heterocycles. The van der Waals surface area contributed by atoms with Crippen molar-refractivity contribution in [2.24, 2.45) is 0 Å². The molecular formula is C24H32N4O3S.